The number of aryl methyl sites for hydroxylation is 1. The lowest BCUT2D eigenvalue weighted by Crippen LogP contribution is -2.26. The molecule has 40 heavy (non-hydrogen) atoms. The van der Waals surface area contributed by atoms with Crippen LogP contribution in [0.4, 0.5) is 4.39 Å². The molecule has 1 atom stereocenters. The number of halogens is 2. The zero-order valence-corrected chi connectivity index (χ0v) is 23.1. The van der Waals surface area contributed by atoms with E-state index >= 15 is 0 Å². The predicted molar refractivity (Wildman–Crippen MR) is 157 cm³/mol. The summed E-state index contributed by atoms with van der Waals surface area (Å²) in [5.74, 6) is -1.62. The highest BCUT2D eigenvalue weighted by molar-refractivity contribution is 6.31. The normalized spacial score (nSPS) is 11.9. The molecule has 0 saturated heterocycles. The summed E-state index contributed by atoms with van der Waals surface area (Å²) in [5.41, 5.74) is 7.25. The second kappa shape index (κ2) is 11.0. The van der Waals surface area contributed by atoms with Gasteiger partial charge in [0.2, 0.25) is 0 Å². The van der Waals surface area contributed by atoms with E-state index < -0.39 is 17.8 Å². The first kappa shape index (κ1) is 27.2. The van der Waals surface area contributed by atoms with E-state index in [0.29, 0.717) is 23.2 Å². The molecule has 0 radical (unpaired) electrons. The van der Waals surface area contributed by atoms with Crippen LogP contribution in [-0.4, -0.2) is 21.6 Å². The second-order valence-corrected chi connectivity index (χ2v) is 10.3. The van der Waals surface area contributed by atoms with Gasteiger partial charge in [-0.3, -0.25) is 4.79 Å². The zero-order chi connectivity index (χ0) is 28.6. The topological polar surface area (TPSA) is 71.3 Å². The average molecular weight is 555 g/mol. The Kier molecular flexibility index (Phi) is 7.46. The van der Waals surface area contributed by atoms with E-state index in [2.05, 4.69) is 16.8 Å². The molecule has 5 aromatic rings. The molecule has 0 spiro atoms. The van der Waals surface area contributed by atoms with Crippen LogP contribution in [0.1, 0.15) is 56.1 Å². The SMILES string of the molecule is Cc1c(C)n(Cc2ccc(-c3ccccc3C(=O)O)cc2)c2ccc(C(=O)NC(C)c3ccc(F)cc3Cl)cc12. The van der Waals surface area contributed by atoms with Crippen LogP contribution >= 0.6 is 11.6 Å². The minimum atomic E-state index is -0.952. The van der Waals surface area contributed by atoms with Crippen molar-refractivity contribution >= 4 is 34.4 Å². The summed E-state index contributed by atoms with van der Waals surface area (Å²) in [7, 11) is 0. The first-order valence-electron chi connectivity index (χ1n) is 12.9. The molecule has 7 heteroatoms. The van der Waals surface area contributed by atoms with Gasteiger partial charge in [0.25, 0.3) is 5.91 Å². The van der Waals surface area contributed by atoms with Gasteiger partial charge in [-0.2, -0.15) is 0 Å². The third-order valence-corrected chi connectivity index (χ3v) is 7.77. The van der Waals surface area contributed by atoms with Crippen molar-refractivity contribution in [2.45, 2.75) is 33.4 Å². The number of carbonyl (C=O) groups is 2. The number of nitrogens with one attached hydrogen (secondary N) is 1. The van der Waals surface area contributed by atoms with E-state index in [-0.39, 0.29) is 16.5 Å². The van der Waals surface area contributed by atoms with Crippen LogP contribution in [0, 0.1) is 19.7 Å². The molecule has 4 aromatic carbocycles. The molecule has 202 valence electrons. The largest absolute Gasteiger partial charge is 0.478 e. The monoisotopic (exact) mass is 554 g/mol. The van der Waals surface area contributed by atoms with Crippen molar-refractivity contribution in [2.24, 2.45) is 0 Å². The van der Waals surface area contributed by atoms with Crippen LogP contribution in [-0.2, 0) is 6.54 Å². The van der Waals surface area contributed by atoms with Crippen LogP contribution < -0.4 is 5.32 Å². The molecule has 5 nitrogen and oxygen atoms in total. The number of hydrogen-bond acceptors (Lipinski definition) is 2. The molecule has 0 fully saturated rings. The highest BCUT2D eigenvalue weighted by Crippen LogP contribution is 2.29. The number of aromatic carboxylic acids is 1. The van der Waals surface area contributed by atoms with Crippen LogP contribution in [0.5, 0.6) is 0 Å². The molecule has 1 heterocycles. The molecule has 1 unspecified atom stereocenters. The number of fused-ring (bicyclic) bond motifs is 1. The molecule has 5 rings (SSSR count). The number of carbonyl (C=O) groups excluding carboxylic acids is 1. The Morgan fingerprint density at radius 3 is 2.40 bits per heavy atom. The molecule has 1 amide bonds. The first-order valence-corrected chi connectivity index (χ1v) is 13.3. The highest BCUT2D eigenvalue weighted by atomic mass is 35.5. The van der Waals surface area contributed by atoms with E-state index in [0.717, 1.165) is 33.3 Å². The Labute approximate surface area is 236 Å². The average Bonchev–Trinajstić information content (AvgIpc) is 3.17. The fraction of sp³-hybridized carbons (Fsp3) is 0.152. The zero-order valence-electron chi connectivity index (χ0n) is 22.3. The number of rotatable bonds is 7. The fourth-order valence-electron chi connectivity index (χ4n) is 5.10. The van der Waals surface area contributed by atoms with Crippen molar-refractivity contribution in [3.63, 3.8) is 0 Å². The van der Waals surface area contributed by atoms with Gasteiger partial charge in [0.15, 0.2) is 0 Å². The van der Waals surface area contributed by atoms with Gasteiger partial charge in [-0.1, -0.05) is 60.1 Å². The predicted octanol–water partition coefficient (Wildman–Crippen LogP) is 7.96. The molecular formula is C33H28ClFN2O3. The number of amides is 1. The van der Waals surface area contributed by atoms with Gasteiger partial charge in [-0.25, -0.2) is 9.18 Å². The van der Waals surface area contributed by atoms with Crippen LogP contribution in [0.15, 0.2) is 84.9 Å². The van der Waals surface area contributed by atoms with E-state index in [9.17, 15) is 19.1 Å². The third kappa shape index (κ3) is 5.23. The van der Waals surface area contributed by atoms with Crippen molar-refractivity contribution in [3.8, 4) is 11.1 Å². The number of aromatic nitrogens is 1. The highest BCUT2D eigenvalue weighted by Gasteiger charge is 2.18. The Morgan fingerprint density at radius 2 is 1.70 bits per heavy atom. The van der Waals surface area contributed by atoms with E-state index in [1.165, 1.54) is 12.1 Å². The quantitative estimate of drug-likeness (QED) is 0.214. The Bertz CT molecular complexity index is 1760. The Hall–Kier alpha value is -4.42. The summed E-state index contributed by atoms with van der Waals surface area (Å²) in [6.07, 6.45) is 0. The summed E-state index contributed by atoms with van der Waals surface area (Å²) in [6.45, 7) is 6.55. The third-order valence-electron chi connectivity index (χ3n) is 7.44. The molecule has 0 bridgehead atoms. The van der Waals surface area contributed by atoms with Gasteiger partial charge < -0.3 is 15.0 Å². The molecule has 1 aromatic heterocycles. The van der Waals surface area contributed by atoms with Crippen molar-refractivity contribution in [1.82, 2.24) is 9.88 Å². The smallest absolute Gasteiger partial charge is 0.336 e. The lowest BCUT2D eigenvalue weighted by atomic mass is 9.99. The number of carboxylic acid groups (broad SMARTS) is 1. The maximum absolute atomic E-state index is 13.4. The lowest BCUT2D eigenvalue weighted by Gasteiger charge is -2.16. The first-order chi connectivity index (χ1) is 19.1. The van der Waals surface area contributed by atoms with E-state index in [1.54, 1.807) is 24.3 Å². The summed E-state index contributed by atoms with van der Waals surface area (Å²) in [4.78, 5) is 24.7. The summed E-state index contributed by atoms with van der Waals surface area (Å²) >= 11 is 6.18. The van der Waals surface area contributed by atoms with Crippen molar-refractivity contribution in [1.29, 1.82) is 0 Å². The second-order valence-electron chi connectivity index (χ2n) is 9.94. The van der Waals surface area contributed by atoms with Gasteiger partial charge in [0.1, 0.15) is 5.82 Å². The van der Waals surface area contributed by atoms with Crippen LogP contribution in [0.25, 0.3) is 22.0 Å². The van der Waals surface area contributed by atoms with Crippen molar-refractivity contribution in [3.05, 3.63) is 129 Å². The van der Waals surface area contributed by atoms with Gasteiger partial charge in [-0.05, 0) is 85.0 Å². The van der Waals surface area contributed by atoms with Gasteiger partial charge in [0, 0.05) is 33.7 Å². The number of hydrogen-bond donors (Lipinski definition) is 2. The molecule has 0 aliphatic heterocycles. The minimum absolute atomic E-state index is 0.239. The molecule has 0 saturated carbocycles. The Balaban J connectivity index is 1.38. The minimum Gasteiger partial charge on any atom is -0.478 e. The lowest BCUT2D eigenvalue weighted by molar-refractivity contribution is 0.0697. The van der Waals surface area contributed by atoms with Gasteiger partial charge in [-0.15, -0.1) is 0 Å². The number of nitrogens with zero attached hydrogens (tertiary/aromatic N) is 1. The molecule has 0 aliphatic carbocycles. The van der Waals surface area contributed by atoms with Crippen LogP contribution in [0.2, 0.25) is 5.02 Å². The Morgan fingerprint density at radius 1 is 0.975 bits per heavy atom. The molecule has 2 N–H and O–H groups in total. The standard InChI is InChI=1S/C33H28ClFN2O3/c1-19-21(3)37(18-22-8-10-23(11-9-22)27-6-4-5-7-28(27)33(39)40)31-15-12-24(16-29(19)31)32(38)36-20(2)26-14-13-25(35)17-30(26)34/h4-17,20H,18H2,1-3H3,(H,36,38)(H,39,40). The molecular weight excluding hydrogens is 527 g/mol. The van der Waals surface area contributed by atoms with Crippen molar-refractivity contribution < 1.29 is 19.1 Å². The summed E-state index contributed by atoms with van der Waals surface area (Å²) in [5, 5.41) is 13.8. The van der Waals surface area contributed by atoms with E-state index in [1.807, 2.05) is 62.4 Å². The number of benzene rings is 4. The van der Waals surface area contributed by atoms with Gasteiger partial charge >= 0.3 is 5.97 Å². The maximum atomic E-state index is 13.4. The fourth-order valence-corrected chi connectivity index (χ4v) is 5.43. The molecule has 0 aliphatic rings. The maximum Gasteiger partial charge on any atom is 0.336 e. The van der Waals surface area contributed by atoms with Gasteiger partial charge in [0.05, 0.1) is 11.6 Å². The summed E-state index contributed by atoms with van der Waals surface area (Å²) < 4.78 is 15.6. The van der Waals surface area contributed by atoms with Crippen LogP contribution in [0.3, 0.4) is 0 Å². The van der Waals surface area contributed by atoms with Crippen molar-refractivity contribution in [2.75, 3.05) is 0 Å². The summed E-state index contributed by atoms with van der Waals surface area (Å²) in [6, 6.07) is 24.3. The number of carboxylic acids is 1. The van der Waals surface area contributed by atoms with E-state index in [4.69, 9.17) is 11.6 Å².